The summed E-state index contributed by atoms with van der Waals surface area (Å²) in [7, 11) is 0. The maximum Gasteiger partial charge on any atom is 0.335 e. The van der Waals surface area contributed by atoms with Gasteiger partial charge < -0.3 is 4.52 Å². The summed E-state index contributed by atoms with van der Waals surface area (Å²) in [5.74, 6) is 5.43. The fourth-order valence-corrected chi connectivity index (χ4v) is 1.01. The molecule has 0 radical (unpaired) electrons. The number of hydrogen-bond donors (Lipinski definition) is 2. The molecular formula is C7H6ClN5O. The molecule has 0 aliphatic rings. The Morgan fingerprint density at radius 2 is 2.29 bits per heavy atom. The van der Waals surface area contributed by atoms with E-state index in [1.165, 1.54) is 6.20 Å². The van der Waals surface area contributed by atoms with Gasteiger partial charge in [0.05, 0.1) is 5.02 Å². The molecule has 0 unspecified atom stereocenters. The summed E-state index contributed by atoms with van der Waals surface area (Å²) in [5, 5.41) is 4.20. The molecule has 0 atom stereocenters. The van der Waals surface area contributed by atoms with Gasteiger partial charge >= 0.3 is 6.01 Å². The Balaban J connectivity index is 2.34. The van der Waals surface area contributed by atoms with Crippen LogP contribution in [0, 0.1) is 0 Å². The van der Waals surface area contributed by atoms with Crippen LogP contribution in [0.3, 0.4) is 0 Å². The number of nitrogens with zero attached hydrogens (tertiary/aromatic N) is 3. The van der Waals surface area contributed by atoms with E-state index in [-0.39, 0.29) is 6.01 Å². The molecule has 0 aromatic carbocycles. The highest BCUT2D eigenvalue weighted by Gasteiger charge is 2.07. The van der Waals surface area contributed by atoms with Crippen LogP contribution in [-0.2, 0) is 0 Å². The average Bonchev–Trinajstić information content (AvgIpc) is 2.67. The molecule has 0 aliphatic heterocycles. The first-order chi connectivity index (χ1) is 6.79. The van der Waals surface area contributed by atoms with E-state index in [1.54, 1.807) is 12.1 Å². The maximum absolute atomic E-state index is 5.67. The van der Waals surface area contributed by atoms with Crippen molar-refractivity contribution < 1.29 is 4.52 Å². The highest BCUT2D eigenvalue weighted by molar-refractivity contribution is 6.30. The molecule has 0 saturated heterocycles. The van der Waals surface area contributed by atoms with Crippen LogP contribution in [0.1, 0.15) is 0 Å². The quantitative estimate of drug-likeness (QED) is 0.571. The van der Waals surface area contributed by atoms with Crippen LogP contribution in [0.25, 0.3) is 11.5 Å². The van der Waals surface area contributed by atoms with E-state index < -0.39 is 0 Å². The largest absolute Gasteiger partial charge is 0.335 e. The zero-order valence-electron chi connectivity index (χ0n) is 6.94. The fourth-order valence-electron chi connectivity index (χ4n) is 0.894. The van der Waals surface area contributed by atoms with Crippen molar-refractivity contribution in [2.45, 2.75) is 0 Å². The lowest BCUT2D eigenvalue weighted by atomic mass is 10.3. The molecule has 0 bridgehead atoms. The van der Waals surface area contributed by atoms with Crippen LogP contribution < -0.4 is 11.3 Å². The number of hydrogen-bond acceptors (Lipinski definition) is 6. The molecule has 7 heteroatoms. The number of anilines is 1. The van der Waals surface area contributed by atoms with Crippen molar-refractivity contribution in [1.29, 1.82) is 0 Å². The topological polar surface area (TPSA) is 89.9 Å². The summed E-state index contributed by atoms with van der Waals surface area (Å²) in [6, 6.07) is 3.51. The Bertz CT molecular complexity index is 426. The summed E-state index contributed by atoms with van der Waals surface area (Å²) in [6.07, 6.45) is 1.50. The highest BCUT2D eigenvalue weighted by atomic mass is 35.5. The molecule has 0 aliphatic carbocycles. The number of nitrogens with two attached hydrogens (primary N) is 1. The number of rotatable bonds is 2. The van der Waals surface area contributed by atoms with Gasteiger partial charge in [-0.3, -0.25) is 10.4 Å². The van der Waals surface area contributed by atoms with Crippen LogP contribution in [0.4, 0.5) is 6.01 Å². The zero-order valence-corrected chi connectivity index (χ0v) is 7.69. The van der Waals surface area contributed by atoms with Crippen molar-refractivity contribution in [1.82, 2.24) is 15.1 Å². The van der Waals surface area contributed by atoms with Gasteiger partial charge in [-0.05, 0) is 12.1 Å². The minimum atomic E-state index is 0.136. The molecule has 3 N–H and O–H groups in total. The van der Waals surface area contributed by atoms with Crippen molar-refractivity contribution in [2.24, 2.45) is 5.84 Å². The standard InChI is InChI=1S/C7H6ClN5O/c8-4-1-2-5(10-3-4)6-11-7(12-9)14-13-6/h1-3H,9H2,(H,11,12,13). The van der Waals surface area contributed by atoms with Crippen LogP contribution >= 0.6 is 11.6 Å². The number of nitrogen functional groups attached to an aromatic ring is 1. The van der Waals surface area contributed by atoms with E-state index >= 15 is 0 Å². The lowest BCUT2D eigenvalue weighted by molar-refractivity contribution is 0.432. The summed E-state index contributed by atoms with van der Waals surface area (Å²) in [6.45, 7) is 0. The van der Waals surface area contributed by atoms with E-state index in [9.17, 15) is 0 Å². The summed E-state index contributed by atoms with van der Waals surface area (Å²) in [5.41, 5.74) is 2.80. The number of pyridine rings is 1. The molecule has 2 heterocycles. The zero-order chi connectivity index (χ0) is 9.97. The molecular weight excluding hydrogens is 206 g/mol. The second-order valence-corrected chi connectivity index (χ2v) is 2.87. The van der Waals surface area contributed by atoms with Crippen LogP contribution in [0.15, 0.2) is 22.9 Å². The van der Waals surface area contributed by atoms with Gasteiger partial charge in [0, 0.05) is 6.20 Å². The molecule has 2 aromatic heterocycles. The van der Waals surface area contributed by atoms with Gasteiger partial charge in [0.15, 0.2) is 0 Å². The Kier molecular flexibility index (Phi) is 2.30. The van der Waals surface area contributed by atoms with Gasteiger partial charge in [0.25, 0.3) is 0 Å². The predicted octanol–water partition coefficient (Wildman–Crippen LogP) is 1.07. The van der Waals surface area contributed by atoms with E-state index in [2.05, 4.69) is 20.6 Å². The maximum atomic E-state index is 5.67. The Morgan fingerprint density at radius 1 is 1.43 bits per heavy atom. The average molecular weight is 212 g/mol. The minimum Gasteiger partial charge on any atom is -0.314 e. The van der Waals surface area contributed by atoms with Crippen molar-refractivity contribution >= 4 is 17.6 Å². The highest BCUT2D eigenvalue weighted by Crippen LogP contribution is 2.16. The Morgan fingerprint density at radius 3 is 2.86 bits per heavy atom. The first-order valence-corrected chi connectivity index (χ1v) is 4.09. The van der Waals surface area contributed by atoms with E-state index in [1.807, 2.05) is 0 Å². The third-order valence-electron chi connectivity index (χ3n) is 1.51. The van der Waals surface area contributed by atoms with Crippen molar-refractivity contribution in [3.05, 3.63) is 23.4 Å². The van der Waals surface area contributed by atoms with E-state index in [4.69, 9.17) is 22.0 Å². The Hall–Kier alpha value is -1.66. The molecule has 0 amide bonds. The number of nitrogens with one attached hydrogen (secondary N) is 1. The third-order valence-corrected chi connectivity index (χ3v) is 1.73. The summed E-state index contributed by atoms with van der Waals surface area (Å²) >= 11 is 5.67. The molecule has 0 fully saturated rings. The molecule has 2 aromatic rings. The SMILES string of the molecule is NNc1nc(-c2ccc(Cl)cn2)no1. The first-order valence-electron chi connectivity index (χ1n) is 3.72. The smallest absolute Gasteiger partial charge is 0.314 e. The van der Waals surface area contributed by atoms with Gasteiger partial charge in [-0.2, -0.15) is 4.98 Å². The normalized spacial score (nSPS) is 10.1. The van der Waals surface area contributed by atoms with Crippen molar-refractivity contribution in [2.75, 3.05) is 5.43 Å². The van der Waals surface area contributed by atoms with Gasteiger partial charge in [-0.1, -0.05) is 16.8 Å². The van der Waals surface area contributed by atoms with Crippen LogP contribution in [-0.4, -0.2) is 15.1 Å². The number of hydrazine groups is 1. The lowest BCUT2D eigenvalue weighted by Crippen LogP contribution is -2.06. The summed E-state index contributed by atoms with van der Waals surface area (Å²) in [4.78, 5) is 7.92. The second-order valence-electron chi connectivity index (χ2n) is 2.43. The Labute approximate surface area is 84.1 Å². The molecule has 2 rings (SSSR count). The molecule has 0 spiro atoms. The van der Waals surface area contributed by atoms with Gasteiger partial charge in [0.2, 0.25) is 5.82 Å². The van der Waals surface area contributed by atoms with Crippen molar-refractivity contribution in [3.8, 4) is 11.5 Å². The molecule has 6 nitrogen and oxygen atoms in total. The predicted molar refractivity (Wildman–Crippen MR) is 50.3 cm³/mol. The third kappa shape index (κ3) is 1.66. The second kappa shape index (κ2) is 3.60. The molecule has 0 saturated carbocycles. The van der Waals surface area contributed by atoms with Gasteiger partial charge in [-0.25, -0.2) is 5.84 Å². The van der Waals surface area contributed by atoms with Crippen LogP contribution in [0.5, 0.6) is 0 Å². The molecule has 14 heavy (non-hydrogen) atoms. The monoisotopic (exact) mass is 211 g/mol. The van der Waals surface area contributed by atoms with Crippen LogP contribution in [0.2, 0.25) is 5.02 Å². The first kappa shape index (κ1) is 8.92. The summed E-state index contributed by atoms with van der Waals surface area (Å²) < 4.78 is 4.73. The van der Waals surface area contributed by atoms with Crippen molar-refractivity contribution in [3.63, 3.8) is 0 Å². The minimum absolute atomic E-state index is 0.136. The van der Waals surface area contributed by atoms with Gasteiger partial charge in [0.1, 0.15) is 5.69 Å². The van der Waals surface area contributed by atoms with Gasteiger partial charge in [-0.15, -0.1) is 0 Å². The lowest BCUT2D eigenvalue weighted by Gasteiger charge is -1.91. The number of halogens is 1. The fraction of sp³-hybridized carbons (Fsp3) is 0. The van der Waals surface area contributed by atoms with E-state index in [0.717, 1.165) is 0 Å². The number of aromatic nitrogens is 3. The molecule has 72 valence electrons. The van der Waals surface area contributed by atoms with E-state index in [0.29, 0.717) is 16.5 Å².